The lowest BCUT2D eigenvalue weighted by atomic mass is 10.1. The fourth-order valence-corrected chi connectivity index (χ4v) is 1.06. The molecule has 0 saturated carbocycles. The third-order valence-electron chi connectivity index (χ3n) is 1.67. The smallest absolute Gasteiger partial charge is 0.115 e. The third-order valence-corrected chi connectivity index (χ3v) is 1.67. The number of hydrogen-bond donors (Lipinski definition) is 2. The van der Waals surface area contributed by atoms with Gasteiger partial charge in [0.2, 0.25) is 0 Å². The van der Waals surface area contributed by atoms with Crippen LogP contribution in [-0.2, 0) is 0 Å². The summed E-state index contributed by atoms with van der Waals surface area (Å²) in [6, 6.07) is 6.09. The van der Waals surface area contributed by atoms with E-state index in [1.165, 1.54) is 12.1 Å². The zero-order valence-corrected chi connectivity index (χ0v) is 7.07. The monoisotopic (exact) mass is 182 g/mol. The summed E-state index contributed by atoms with van der Waals surface area (Å²) in [4.78, 5) is 0. The summed E-state index contributed by atoms with van der Waals surface area (Å²) in [6.07, 6.45) is -1.08. The van der Waals surface area contributed by atoms with Crippen molar-refractivity contribution in [1.82, 2.24) is 0 Å². The number of hydrogen-bond acceptors (Lipinski definition) is 2. The van der Waals surface area contributed by atoms with Crippen LogP contribution in [0.1, 0.15) is 18.1 Å². The molecule has 0 bridgehead atoms. The van der Waals surface area contributed by atoms with Gasteiger partial charge in [-0.05, 0) is 17.7 Å². The van der Waals surface area contributed by atoms with Gasteiger partial charge in [0, 0.05) is 6.42 Å². The van der Waals surface area contributed by atoms with Crippen molar-refractivity contribution in [1.29, 1.82) is 0 Å². The lowest BCUT2D eigenvalue weighted by Crippen LogP contribution is -1.96. The molecule has 0 heterocycles. The average Bonchev–Trinajstić information content (AvgIpc) is 2.03. The molecule has 3 heteroatoms. The number of aliphatic hydroxyl groups is 1. The van der Waals surface area contributed by atoms with Gasteiger partial charge in [0.1, 0.15) is 5.75 Å². The second-order valence-electron chi connectivity index (χ2n) is 2.83. The normalized spacial score (nSPS) is 12.5. The van der Waals surface area contributed by atoms with Crippen LogP contribution in [0.5, 0.6) is 5.75 Å². The van der Waals surface area contributed by atoms with Gasteiger partial charge >= 0.3 is 0 Å². The molecular weight excluding hydrogens is 171 g/mol. The first-order chi connectivity index (χ1) is 6.09. The zero-order valence-electron chi connectivity index (χ0n) is 7.07. The fourth-order valence-electron chi connectivity index (χ4n) is 1.06. The molecule has 2 N–H and O–H groups in total. The maximum absolute atomic E-state index is 12.3. The molecule has 2 nitrogen and oxygen atoms in total. The number of phenolic OH excluding ortho intramolecular Hbond substituents is 1. The number of aromatic hydroxyl groups is 1. The molecule has 0 fully saturated rings. The predicted octanol–water partition coefficient (Wildman–Crippen LogP) is 2.30. The second-order valence-corrected chi connectivity index (χ2v) is 2.83. The van der Waals surface area contributed by atoms with E-state index < -0.39 is 11.9 Å². The Morgan fingerprint density at radius 2 is 2.23 bits per heavy atom. The molecule has 0 saturated heterocycles. The fraction of sp³-hybridized carbons (Fsp3) is 0.200. The van der Waals surface area contributed by atoms with Gasteiger partial charge in [-0.2, -0.15) is 0 Å². The molecule has 1 atom stereocenters. The Kier molecular flexibility index (Phi) is 3.03. The van der Waals surface area contributed by atoms with Crippen LogP contribution in [-0.4, -0.2) is 10.2 Å². The number of phenols is 1. The molecule has 13 heavy (non-hydrogen) atoms. The van der Waals surface area contributed by atoms with Crippen molar-refractivity contribution in [2.45, 2.75) is 12.5 Å². The Bertz CT molecular complexity index is 310. The molecule has 0 radical (unpaired) electrons. The Hall–Kier alpha value is -1.35. The van der Waals surface area contributed by atoms with Crippen molar-refractivity contribution in [3.05, 3.63) is 42.2 Å². The van der Waals surface area contributed by atoms with Gasteiger partial charge in [-0.25, -0.2) is 4.39 Å². The van der Waals surface area contributed by atoms with E-state index in [1.54, 1.807) is 12.1 Å². The second kappa shape index (κ2) is 4.05. The molecule has 70 valence electrons. The molecule has 0 aliphatic rings. The van der Waals surface area contributed by atoms with Gasteiger partial charge in [0.05, 0.1) is 11.9 Å². The molecule has 1 unspecified atom stereocenters. The molecule has 0 spiro atoms. The standard InChI is InChI=1S/C10H11FO2/c1-7(11)5-10(13)8-3-2-4-9(12)6-8/h2-4,6,10,12-13H,1,5H2. The number of rotatable bonds is 3. The van der Waals surface area contributed by atoms with Gasteiger partial charge in [0.15, 0.2) is 0 Å². The van der Waals surface area contributed by atoms with Crippen molar-refractivity contribution in [2.24, 2.45) is 0 Å². The summed E-state index contributed by atoms with van der Waals surface area (Å²) in [6.45, 7) is 3.05. The minimum absolute atomic E-state index is 0.0565. The summed E-state index contributed by atoms with van der Waals surface area (Å²) in [5, 5.41) is 18.5. The minimum atomic E-state index is -0.940. The highest BCUT2D eigenvalue weighted by Crippen LogP contribution is 2.23. The lowest BCUT2D eigenvalue weighted by molar-refractivity contribution is 0.170. The van der Waals surface area contributed by atoms with E-state index in [0.717, 1.165) is 0 Å². The average molecular weight is 182 g/mol. The van der Waals surface area contributed by atoms with E-state index in [9.17, 15) is 9.50 Å². The topological polar surface area (TPSA) is 40.5 Å². The van der Waals surface area contributed by atoms with Crippen LogP contribution in [0.15, 0.2) is 36.7 Å². The first-order valence-electron chi connectivity index (χ1n) is 3.90. The van der Waals surface area contributed by atoms with Gasteiger partial charge in [-0.3, -0.25) is 0 Å². The molecule has 1 aromatic carbocycles. The van der Waals surface area contributed by atoms with Crippen LogP contribution < -0.4 is 0 Å². The maximum atomic E-state index is 12.3. The summed E-state index contributed by atoms with van der Waals surface area (Å²) in [7, 11) is 0. The molecule has 1 rings (SSSR count). The lowest BCUT2D eigenvalue weighted by Gasteiger charge is -2.08. The van der Waals surface area contributed by atoms with Crippen molar-refractivity contribution < 1.29 is 14.6 Å². The molecule has 0 aliphatic heterocycles. The van der Waals surface area contributed by atoms with Crippen molar-refractivity contribution in [3.8, 4) is 5.75 Å². The minimum Gasteiger partial charge on any atom is -0.508 e. The Labute approximate surface area is 76.0 Å². The number of benzene rings is 1. The van der Waals surface area contributed by atoms with E-state index in [1.807, 2.05) is 0 Å². The SMILES string of the molecule is C=C(F)CC(O)c1cccc(O)c1. The summed E-state index contributed by atoms with van der Waals surface area (Å²) in [5.74, 6) is -0.517. The highest BCUT2D eigenvalue weighted by atomic mass is 19.1. The van der Waals surface area contributed by atoms with Gasteiger partial charge in [0.25, 0.3) is 0 Å². The van der Waals surface area contributed by atoms with Crippen LogP contribution >= 0.6 is 0 Å². The van der Waals surface area contributed by atoms with E-state index in [0.29, 0.717) is 5.56 Å². The summed E-state index contributed by atoms with van der Waals surface area (Å²) in [5.41, 5.74) is 0.485. The number of halogens is 1. The van der Waals surface area contributed by atoms with Crippen LogP contribution in [0.4, 0.5) is 4.39 Å². The molecule has 1 aromatic rings. The molecular formula is C10H11FO2. The van der Waals surface area contributed by atoms with Crippen LogP contribution in [0, 0.1) is 0 Å². The van der Waals surface area contributed by atoms with E-state index in [2.05, 4.69) is 6.58 Å². The maximum Gasteiger partial charge on any atom is 0.115 e. The Morgan fingerprint density at radius 3 is 2.77 bits per heavy atom. The highest BCUT2D eigenvalue weighted by molar-refractivity contribution is 5.28. The van der Waals surface area contributed by atoms with Crippen LogP contribution in [0.2, 0.25) is 0 Å². The summed E-state index contributed by atoms with van der Waals surface area (Å²) >= 11 is 0. The Morgan fingerprint density at radius 1 is 1.54 bits per heavy atom. The highest BCUT2D eigenvalue weighted by Gasteiger charge is 2.09. The van der Waals surface area contributed by atoms with Crippen LogP contribution in [0.25, 0.3) is 0 Å². The van der Waals surface area contributed by atoms with E-state index >= 15 is 0 Å². The van der Waals surface area contributed by atoms with Gasteiger partial charge < -0.3 is 10.2 Å². The quantitative estimate of drug-likeness (QED) is 0.753. The van der Waals surface area contributed by atoms with E-state index in [4.69, 9.17) is 5.11 Å². The largest absolute Gasteiger partial charge is 0.508 e. The Balaban J connectivity index is 2.76. The third kappa shape index (κ3) is 2.87. The summed E-state index contributed by atoms with van der Waals surface area (Å²) < 4.78 is 12.3. The van der Waals surface area contributed by atoms with Crippen molar-refractivity contribution in [3.63, 3.8) is 0 Å². The van der Waals surface area contributed by atoms with Gasteiger partial charge in [-0.15, -0.1) is 0 Å². The van der Waals surface area contributed by atoms with Crippen molar-refractivity contribution >= 4 is 0 Å². The molecule has 0 aliphatic carbocycles. The predicted molar refractivity (Wildman–Crippen MR) is 47.9 cm³/mol. The molecule has 0 amide bonds. The molecule has 0 aromatic heterocycles. The van der Waals surface area contributed by atoms with Crippen LogP contribution in [0.3, 0.4) is 0 Å². The first-order valence-corrected chi connectivity index (χ1v) is 3.90. The van der Waals surface area contributed by atoms with E-state index in [-0.39, 0.29) is 12.2 Å². The van der Waals surface area contributed by atoms with Gasteiger partial charge in [-0.1, -0.05) is 18.7 Å². The first kappa shape index (κ1) is 9.74. The van der Waals surface area contributed by atoms with Crippen molar-refractivity contribution in [2.75, 3.05) is 0 Å². The zero-order chi connectivity index (χ0) is 9.84. The number of aliphatic hydroxyl groups excluding tert-OH is 1.